The highest BCUT2D eigenvalue weighted by Gasteiger charge is 2.40. The van der Waals surface area contributed by atoms with Crippen LogP contribution in [0.2, 0.25) is 5.02 Å². The van der Waals surface area contributed by atoms with Crippen LogP contribution in [0.25, 0.3) is 0 Å². The number of hydrogen-bond donors (Lipinski definition) is 0. The SMILES string of the molecule is CC(C)COC(=O)C(C)(C)C(=O)Oc1ccc(Cl)cc1. The van der Waals surface area contributed by atoms with Crippen molar-refractivity contribution in [1.29, 1.82) is 0 Å². The van der Waals surface area contributed by atoms with Gasteiger partial charge in [0, 0.05) is 5.02 Å². The summed E-state index contributed by atoms with van der Waals surface area (Å²) in [4.78, 5) is 24.0. The van der Waals surface area contributed by atoms with E-state index in [1.165, 1.54) is 13.8 Å². The van der Waals surface area contributed by atoms with E-state index in [0.29, 0.717) is 10.8 Å². The van der Waals surface area contributed by atoms with Gasteiger partial charge in [0.15, 0.2) is 5.41 Å². The molecule has 0 N–H and O–H groups in total. The molecule has 1 aromatic carbocycles. The van der Waals surface area contributed by atoms with Crippen LogP contribution in [0.1, 0.15) is 27.7 Å². The summed E-state index contributed by atoms with van der Waals surface area (Å²) in [7, 11) is 0. The van der Waals surface area contributed by atoms with E-state index in [1.807, 2.05) is 13.8 Å². The molecule has 0 unspecified atom stereocenters. The molecule has 20 heavy (non-hydrogen) atoms. The van der Waals surface area contributed by atoms with E-state index in [4.69, 9.17) is 21.1 Å². The highest BCUT2D eigenvalue weighted by Crippen LogP contribution is 2.23. The van der Waals surface area contributed by atoms with Crippen molar-refractivity contribution in [3.8, 4) is 5.75 Å². The van der Waals surface area contributed by atoms with Gasteiger partial charge in [0.1, 0.15) is 5.75 Å². The van der Waals surface area contributed by atoms with Crippen molar-refractivity contribution in [2.24, 2.45) is 11.3 Å². The molecule has 5 heteroatoms. The molecule has 0 amide bonds. The molecule has 0 saturated carbocycles. The fourth-order valence-electron chi connectivity index (χ4n) is 1.24. The smallest absolute Gasteiger partial charge is 0.328 e. The third-order valence-corrected chi connectivity index (χ3v) is 2.84. The van der Waals surface area contributed by atoms with Crippen LogP contribution < -0.4 is 4.74 Å². The summed E-state index contributed by atoms with van der Waals surface area (Å²) in [5.74, 6) is -0.704. The van der Waals surface area contributed by atoms with Gasteiger partial charge in [-0.3, -0.25) is 9.59 Å². The molecule has 0 aliphatic carbocycles. The molecule has 1 aromatic rings. The van der Waals surface area contributed by atoms with Gasteiger partial charge in [0.2, 0.25) is 0 Å². The van der Waals surface area contributed by atoms with Crippen LogP contribution in [0, 0.1) is 11.3 Å². The van der Waals surface area contributed by atoms with Gasteiger partial charge in [-0.2, -0.15) is 0 Å². The molecule has 0 atom stereocenters. The third kappa shape index (κ3) is 4.53. The van der Waals surface area contributed by atoms with E-state index in [2.05, 4.69) is 0 Å². The predicted molar refractivity (Wildman–Crippen MR) is 76.7 cm³/mol. The highest BCUT2D eigenvalue weighted by atomic mass is 35.5. The summed E-state index contributed by atoms with van der Waals surface area (Å²) in [6, 6.07) is 6.34. The average Bonchev–Trinajstić information content (AvgIpc) is 2.38. The summed E-state index contributed by atoms with van der Waals surface area (Å²) in [5.41, 5.74) is -1.35. The Hall–Kier alpha value is -1.55. The number of benzene rings is 1. The Morgan fingerprint density at radius 1 is 1.15 bits per heavy atom. The molecule has 0 aliphatic heterocycles. The van der Waals surface area contributed by atoms with Crippen molar-refractivity contribution in [3.05, 3.63) is 29.3 Å². The lowest BCUT2D eigenvalue weighted by atomic mass is 9.94. The van der Waals surface area contributed by atoms with Crippen LogP contribution in [0.5, 0.6) is 5.75 Å². The van der Waals surface area contributed by atoms with Crippen molar-refractivity contribution < 1.29 is 19.1 Å². The largest absolute Gasteiger partial charge is 0.465 e. The minimum Gasteiger partial charge on any atom is -0.465 e. The maximum atomic E-state index is 12.0. The second-order valence-electron chi connectivity index (χ2n) is 5.46. The Balaban J connectivity index is 2.68. The van der Waals surface area contributed by atoms with Crippen molar-refractivity contribution in [2.45, 2.75) is 27.7 Å². The molecule has 0 radical (unpaired) electrons. The first-order valence-corrected chi connectivity index (χ1v) is 6.76. The number of carbonyl (C=O) groups excluding carboxylic acids is 2. The predicted octanol–water partition coefficient (Wildman–Crippen LogP) is 3.47. The Bertz CT molecular complexity index is 477. The lowest BCUT2D eigenvalue weighted by molar-refractivity contribution is -0.165. The maximum absolute atomic E-state index is 12.0. The number of esters is 2. The number of halogens is 1. The Labute approximate surface area is 124 Å². The zero-order valence-electron chi connectivity index (χ0n) is 12.1. The third-order valence-electron chi connectivity index (χ3n) is 2.59. The first kappa shape index (κ1) is 16.5. The molecule has 110 valence electrons. The molecule has 0 heterocycles. The van der Waals surface area contributed by atoms with Gasteiger partial charge in [0.05, 0.1) is 6.61 Å². The van der Waals surface area contributed by atoms with Crippen molar-refractivity contribution in [2.75, 3.05) is 6.61 Å². The summed E-state index contributed by atoms with van der Waals surface area (Å²) < 4.78 is 10.2. The standard InChI is InChI=1S/C15H19ClO4/c1-10(2)9-19-13(17)15(3,4)14(18)20-12-7-5-11(16)6-8-12/h5-8,10H,9H2,1-4H3. The van der Waals surface area contributed by atoms with Gasteiger partial charge >= 0.3 is 11.9 Å². The van der Waals surface area contributed by atoms with Gasteiger partial charge in [-0.15, -0.1) is 0 Å². The first-order chi connectivity index (χ1) is 9.23. The summed E-state index contributed by atoms with van der Waals surface area (Å²) in [6.45, 7) is 7.08. The highest BCUT2D eigenvalue weighted by molar-refractivity contribution is 6.30. The molecule has 0 aromatic heterocycles. The van der Waals surface area contributed by atoms with E-state index < -0.39 is 17.4 Å². The van der Waals surface area contributed by atoms with Crippen molar-refractivity contribution in [3.63, 3.8) is 0 Å². The average molecular weight is 299 g/mol. The lowest BCUT2D eigenvalue weighted by Crippen LogP contribution is -2.38. The number of hydrogen-bond acceptors (Lipinski definition) is 4. The van der Waals surface area contributed by atoms with Gasteiger partial charge in [-0.1, -0.05) is 25.4 Å². The molecule has 1 rings (SSSR count). The van der Waals surface area contributed by atoms with Crippen LogP contribution in [0.4, 0.5) is 0 Å². The molecule has 0 bridgehead atoms. The zero-order valence-corrected chi connectivity index (χ0v) is 12.9. The van der Waals surface area contributed by atoms with Gasteiger partial charge in [0.25, 0.3) is 0 Å². The van der Waals surface area contributed by atoms with Crippen molar-refractivity contribution in [1.82, 2.24) is 0 Å². The second kappa shape index (κ2) is 6.75. The molecule has 4 nitrogen and oxygen atoms in total. The Morgan fingerprint density at radius 3 is 2.20 bits per heavy atom. The normalized spacial score (nSPS) is 11.3. The Morgan fingerprint density at radius 2 is 1.70 bits per heavy atom. The van der Waals surface area contributed by atoms with Gasteiger partial charge < -0.3 is 9.47 Å². The first-order valence-electron chi connectivity index (χ1n) is 6.38. The second-order valence-corrected chi connectivity index (χ2v) is 5.90. The van der Waals surface area contributed by atoms with E-state index >= 15 is 0 Å². The molecule has 0 saturated heterocycles. The van der Waals surface area contributed by atoms with Crippen molar-refractivity contribution >= 4 is 23.5 Å². The quantitative estimate of drug-likeness (QED) is 0.474. The molecular weight excluding hydrogens is 280 g/mol. The minimum absolute atomic E-state index is 0.210. The Kier molecular flexibility index (Phi) is 5.57. The van der Waals surface area contributed by atoms with Crippen LogP contribution in [-0.4, -0.2) is 18.5 Å². The van der Waals surface area contributed by atoms with Crippen LogP contribution >= 0.6 is 11.6 Å². The van der Waals surface area contributed by atoms with E-state index in [-0.39, 0.29) is 12.5 Å². The summed E-state index contributed by atoms with van der Waals surface area (Å²) in [5, 5.41) is 0.542. The number of rotatable bonds is 5. The van der Waals surface area contributed by atoms with E-state index in [0.717, 1.165) is 0 Å². The van der Waals surface area contributed by atoms with Crippen LogP contribution in [-0.2, 0) is 14.3 Å². The molecular formula is C15H19ClO4. The number of carbonyl (C=O) groups is 2. The monoisotopic (exact) mass is 298 g/mol. The maximum Gasteiger partial charge on any atom is 0.328 e. The molecule has 0 fully saturated rings. The molecule has 0 spiro atoms. The van der Waals surface area contributed by atoms with Gasteiger partial charge in [-0.05, 0) is 44.0 Å². The zero-order chi connectivity index (χ0) is 15.3. The molecule has 0 aliphatic rings. The van der Waals surface area contributed by atoms with Crippen LogP contribution in [0.3, 0.4) is 0 Å². The lowest BCUT2D eigenvalue weighted by Gasteiger charge is -2.21. The minimum atomic E-state index is -1.35. The fourth-order valence-corrected chi connectivity index (χ4v) is 1.37. The summed E-state index contributed by atoms with van der Waals surface area (Å²) in [6.07, 6.45) is 0. The van der Waals surface area contributed by atoms with E-state index in [9.17, 15) is 9.59 Å². The van der Waals surface area contributed by atoms with Gasteiger partial charge in [-0.25, -0.2) is 0 Å². The van der Waals surface area contributed by atoms with Crippen LogP contribution in [0.15, 0.2) is 24.3 Å². The summed E-state index contributed by atoms with van der Waals surface area (Å²) >= 11 is 5.74. The van der Waals surface area contributed by atoms with E-state index in [1.54, 1.807) is 24.3 Å². The number of ether oxygens (including phenoxy) is 2. The fraction of sp³-hybridized carbons (Fsp3) is 0.467. The topological polar surface area (TPSA) is 52.6 Å².